The number of aromatic carboxylic acids is 1. The molecule has 9 heteroatoms. The van der Waals surface area contributed by atoms with Crippen LogP contribution in [-0.4, -0.2) is 48.3 Å². The molecule has 19 heavy (non-hydrogen) atoms. The molecule has 3 N–H and O–H groups in total. The normalized spacial score (nSPS) is 11.1. The van der Waals surface area contributed by atoms with Crippen LogP contribution in [0.15, 0.2) is 23.1 Å². The number of carboxylic acid groups (broad SMARTS) is 1. The second kappa shape index (κ2) is 5.78. The van der Waals surface area contributed by atoms with Gasteiger partial charge in [-0.05, 0) is 12.1 Å². The molecule has 0 fully saturated rings. The number of benzene rings is 1. The lowest BCUT2D eigenvalue weighted by atomic mass is 10.1. The second-order valence-corrected chi connectivity index (χ2v) is 4.68. The number of esters is 1. The van der Waals surface area contributed by atoms with Crippen LogP contribution in [-0.2, 0) is 14.9 Å². The van der Waals surface area contributed by atoms with Gasteiger partial charge < -0.3 is 14.9 Å². The van der Waals surface area contributed by atoms with Crippen molar-refractivity contribution >= 4 is 22.1 Å². The van der Waals surface area contributed by atoms with Gasteiger partial charge >= 0.3 is 11.9 Å². The quantitative estimate of drug-likeness (QED) is 0.499. The first kappa shape index (κ1) is 15.1. The molecule has 1 aromatic rings. The summed E-state index contributed by atoms with van der Waals surface area (Å²) in [5.74, 6) is -2.78. The lowest BCUT2D eigenvalue weighted by Crippen LogP contribution is -2.17. The van der Waals surface area contributed by atoms with Crippen molar-refractivity contribution in [1.82, 2.24) is 0 Å². The van der Waals surface area contributed by atoms with Crippen LogP contribution in [0.2, 0.25) is 0 Å². The maximum Gasteiger partial charge on any atom is 0.339 e. The molecule has 1 rings (SSSR count). The number of carbonyl (C=O) groups is 2. The van der Waals surface area contributed by atoms with E-state index < -0.39 is 44.7 Å². The monoisotopic (exact) mass is 290 g/mol. The minimum absolute atomic E-state index is 0.388. The maximum absolute atomic E-state index is 11.5. The lowest BCUT2D eigenvalue weighted by Gasteiger charge is -2.09. The van der Waals surface area contributed by atoms with E-state index >= 15 is 0 Å². The Morgan fingerprint density at radius 3 is 2.26 bits per heavy atom. The van der Waals surface area contributed by atoms with E-state index in [1.807, 2.05) is 0 Å². The molecule has 0 atom stereocenters. The summed E-state index contributed by atoms with van der Waals surface area (Å²) in [5, 5.41) is 17.3. The zero-order chi connectivity index (χ0) is 14.6. The predicted molar refractivity (Wildman–Crippen MR) is 60.6 cm³/mol. The van der Waals surface area contributed by atoms with E-state index in [-0.39, 0.29) is 6.61 Å². The number of aliphatic hydroxyl groups is 1. The van der Waals surface area contributed by atoms with E-state index in [2.05, 4.69) is 4.74 Å². The lowest BCUT2D eigenvalue weighted by molar-refractivity contribution is 0.0429. The van der Waals surface area contributed by atoms with E-state index in [0.717, 1.165) is 18.2 Å². The molecule has 0 amide bonds. The Kier molecular flexibility index (Phi) is 4.59. The summed E-state index contributed by atoms with van der Waals surface area (Å²) >= 11 is 0. The van der Waals surface area contributed by atoms with E-state index in [1.54, 1.807) is 0 Å². The van der Waals surface area contributed by atoms with Gasteiger partial charge in [-0.25, -0.2) is 9.59 Å². The van der Waals surface area contributed by atoms with Crippen LogP contribution in [0.5, 0.6) is 0 Å². The van der Waals surface area contributed by atoms with Crippen LogP contribution in [0, 0.1) is 0 Å². The molecule has 0 aliphatic carbocycles. The Hall–Kier alpha value is -1.97. The zero-order valence-electron chi connectivity index (χ0n) is 9.44. The van der Waals surface area contributed by atoms with Gasteiger partial charge in [0.05, 0.1) is 17.7 Å². The number of rotatable bonds is 5. The number of carboxylic acids is 1. The predicted octanol–water partition coefficient (Wildman–Crippen LogP) is -0.219. The van der Waals surface area contributed by atoms with Crippen molar-refractivity contribution in [3.63, 3.8) is 0 Å². The van der Waals surface area contributed by atoms with Crippen LogP contribution in [0.4, 0.5) is 0 Å². The zero-order valence-corrected chi connectivity index (χ0v) is 10.3. The Balaban J connectivity index is 3.44. The molecule has 0 aliphatic heterocycles. The molecule has 0 unspecified atom stereocenters. The van der Waals surface area contributed by atoms with Crippen molar-refractivity contribution < 1.29 is 37.5 Å². The molecule has 8 nitrogen and oxygen atoms in total. The molecule has 104 valence electrons. The van der Waals surface area contributed by atoms with Crippen LogP contribution in [0.25, 0.3) is 0 Å². The van der Waals surface area contributed by atoms with Crippen LogP contribution in [0.3, 0.4) is 0 Å². The van der Waals surface area contributed by atoms with Gasteiger partial charge in [0.15, 0.2) is 0 Å². The Morgan fingerprint density at radius 2 is 1.79 bits per heavy atom. The smallest absolute Gasteiger partial charge is 0.339 e. The van der Waals surface area contributed by atoms with Crippen LogP contribution >= 0.6 is 0 Å². The van der Waals surface area contributed by atoms with E-state index in [1.165, 1.54) is 0 Å². The number of ether oxygens (including phenoxy) is 1. The van der Waals surface area contributed by atoms with Gasteiger partial charge in [0.2, 0.25) is 0 Å². The highest BCUT2D eigenvalue weighted by molar-refractivity contribution is 7.86. The minimum atomic E-state index is -4.92. The third-order valence-electron chi connectivity index (χ3n) is 2.05. The Labute approximate surface area is 108 Å². The van der Waals surface area contributed by atoms with Gasteiger partial charge in [0.25, 0.3) is 10.1 Å². The number of hydrogen-bond donors (Lipinski definition) is 3. The van der Waals surface area contributed by atoms with Gasteiger partial charge in [0, 0.05) is 0 Å². The van der Waals surface area contributed by atoms with Gasteiger partial charge in [-0.15, -0.1) is 0 Å². The van der Waals surface area contributed by atoms with Gasteiger partial charge in [-0.3, -0.25) is 4.55 Å². The first-order chi connectivity index (χ1) is 8.79. The maximum atomic E-state index is 11.5. The molecule has 0 bridgehead atoms. The van der Waals surface area contributed by atoms with E-state index in [0.29, 0.717) is 0 Å². The first-order valence-corrected chi connectivity index (χ1v) is 6.34. The van der Waals surface area contributed by atoms with Crippen molar-refractivity contribution in [3.05, 3.63) is 29.3 Å². The fraction of sp³-hybridized carbons (Fsp3) is 0.200. The second-order valence-electron chi connectivity index (χ2n) is 3.32. The standard InChI is InChI=1S/C10H10O8S/c11-4-5-18-10(14)7-3-1-2-6(9(12)13)8(7)19(15,16)17/h1-3,11H,4-5H2,(H,12,13)(H,15,16,17). The first-order valence-electron chi connectivity index (χ1n) is 4.90. The molecule has 1 aromatic carbocycles. The molecule has 0 saturated heterocycles. The highest BCUT2D eigenvalue weighted by Gasteiger charge is 2.28. The summed E-state index contributed by atoms with van der Waals surface area (Å²) in [6.07, 6.45) is 0. The van der Waals surface area contributed by atoms with Crippen molar-refractivity contribution in [2.24, 2.45) is 0 Å². The third-order valence-corrected chi connectivity index (χ3v) is 3.00. The molecule has 0 radical (unpaired) electrons. The van der Waals surface area contributed by atoms with Gasteiger partial charge in [-0.2, -0.15) is 8.42 Å². The summed E-state index contributed by atoms with van der Waals surface area (Å²) in [4.78, 5) is 21.4. The van der Waals surface area contributed by atoms with Gasteiger partial charge in [-0.1, -0.05) is 6.07 Å². The summed E-state index contributed by atoms with van der Waals surface area (Å²) in [7, 11) is -4.92. The summed E-state index contributed by atoms with van der Waals surface area (Å²) in [6.45, 7) is -0.868. The van der Waals surface area contributed by atoms with E-state index in [4.69, 9.17) is 14.8 Å². The van der Waals surface area contributed by atoms with Crippen LogP contribution in [0.1, 0.15) is 20.7 Å². The molecular weight excluding hydrogens is 280 g/mol. The van der Waals surface area contributed by atoms with Crippen molar-refractivity contribution in [1.29, 1.82) is 0 Å². The summed E-state index contributed by atoms with van der Waals surface area (Å²) < 4.78 is 35.9. The molecule has 0 spiro atoms. The number of carbonyl (C=O) groups excluding carboxylic acids is 1. The fourth-order valence-corrected chi connectivity index (χ4v) is 2.22. The molecular formula is C10H10O8S. The number of hydrogen-bond acceptors (Lipinski definition) is 6. The third kappa shape index (κ3) is 3.50. The van der Waals surface area contributed by atoms with Crippen LogP contribution < -0.4 is 0 Å². The largest absolute Gasteiger partial charge is 0.478 e. The average molecular weight is 290 g/mol. The highest BCUT2D eigenvalue weighted by atomic mass is 32.2. The Bertz CT molecular complexity index is 604. The minimum Gasteiger partial charge on any atom is -0.478 e. The van der Waals surface area contributed by atoms with Crippen molar-refractivity contribution in [2.45, 2.75) is 4.90 Å². The van der Waals surface area contributed by atoms with Crippen molar-refractivity contribution in [3.8, 4) is 0 Å². The molecule has 0 saturated carbocycles. The SMILES string of the molecule is O=C(O)c1cccc(C(=O)OCCO)c1S(=O)(=O)O. The number of aliphatic hydroxyl groups excluding tert-OH is 1. The molecule has 0 heterocycles. The fourth-order valence-electron chi connectivity index (χ4n) is 1.36. The van der Waals surface area contributed by atoms with Gasteiger partial charge in [0.1, 0.15) is 11.5 Å². The van der Waals surface area contributed by atoms with E-state index in [9.17, 15) is 18.0 Å². The highest BCUT2D eigenvalue weighted by Crippen LogP contribution is 2.21. The molecule has 0 aliphatic rings. The molecule has 0 aromatic heterocycles. The summed E-state index contributed by atoms with van der Waals surface area (Å²) in [5.41, 5.74) is -1.36. The summed E-state index contributed by atoms with van der Waals surface area (Å²) in [6, 6.07) is 3.05. The Morgan fingerprint density at radius 1 is 1.21 bits per heavy atom. The topological polar surface area (TPSA) is 138 Å². The average Bonchev–Trinajstić information content (AvgIpc) is 2.33. The van der Waals surface area contributed by atoms with Crippen molar-refractivity contribution in [2.75, 3.05) is 13.2 Å².